The number of rotatable bonds is 7. The minimum Gasteiger partial charge on any atom is -0.481 e. The SMILES string of the molecule is CCc1cc2c(=O)n(-c3ccc(OC)nc3)c(=O)n(Cc3ccc(-c4ccccc4-c4noc(=O)[nH]4)cc3)c2s1. The number of nitrogens with one attached hydrogen (secondary N) is 1. The van der Waals surface area contributed by atoms with Gasteiger partial charge in [0.25, 0.3) is 5.56 Å². The van der Waals surface area contributed by atoms with Crippen molar-refractivity contribution in [1.82, 2.24) is 24.3 Å². The number of ether oxygens (including phenoxy) is 1. The Balaban J connectivity index is 1.42. The fourth-order valence-corrected chi connectivity index (χ4v) is 5.70. The predicted molar refractivity (Wildman–Crippen MR) is 153 cm³/mol. The van der Waals surface area contributed by atoms with Crippen molar-refractivity contribution >= 4 is 21.6 Å². The first kappa shape index (κ1) is 25.3. The summed E-state index contributed by atoms with van der Waals surface area (Å²) in [6, 6.07) is 20.4. The highest BCUT2D eigenvalue weighted by Crippen LogP contribution is 2.30. The average Bonchev–Trinajstić information content (AvgIpc) is 3.63. The fourth-order valence-electron chi connectivity index (χ4n) is 4.63. The van der Waals surface area contributed by atoms with Gasteiger partial charge < -0.3 is 4.74 Å². The number of hydrogen-bond donors (Lipinski definition) is 1. The summed E-state index contributed by atoms with van der Waals surface area (Å²) in [5.41, 5.74) is 2.92. The van der Waals surface area contributed by atoms with E-state index in [1.807, 2.05) is 61.5 Å². The van der Waals surface area contributed by atoms with E-state index in [1.165, 1.54) is 24.6 Å². The van der Waals surface area contributed by atoms with Gasteiger partial charge in [-0.2, -0.15) is 0 Å². The lowest BCUT2D eigenvalue weighted by atomic mass is 9.98. The van der Waals surface area contributed by atoms with Crippen molar-refractivity contribution < 1.29 is 9.26 Å². The second-order valence-corrected chi connectivity index (χ2v) is 10.2. The fraction of sp³-hybridized carbons (Fsp3) is 0.138. The molecule has 0 aliphatic carbocycles. The standard InChI is InChI=1S/C29H23N5O5S/c1-3-20-14-23-26(35)34(19-12-13-24(38-2)30-15-19)29(37)33(27(23)40-20)16-17-8-10-18(11-9-17)21-6-4-5-7-22(21)25-31-28(36)39-32-25/h4-15H,3,16H2,1-2H3,(H,31,32,36). The van der Waals surface area contributed by atoms with Crippen LogP contribution in [-0.4, -0.2) is 31.4 Å². The van der Waals surface area contributed by atoms with Gasteiger partial charge in [-0.3, -0.25) is 18.9 Å². The minimum atomic E-state index is -0.622. The van der Waals surface area contributed by atoms with Crippen molar-refractivity contribution in [2.75, 3.05) is 7.11 Å². The van der Waals surface area contributed by atoms with Gasteiger partial charge in [-0.1, -0.05) is 60.6 Å². The van der Waals surface area contributed by atoms with E-state index in [1.54, 1.807) is 16.7 Å². The molecule has 0 aliphatic heterocycles. The number of hydrogen-bond acceptors (Lipinski definition) is 8. The zero-order valence-electron chi connectivity index (χ0n) is 21.6. The highest BCUT2D eigenvalue weighted by atomic mass is 32.1. The molecule has 40 heavy (non-hydrogen) atoms. The molecule has 10 nitrogen and oxygen atoms in total. The molecule has 0 aliphatic rings. The highest BCUT2D eigenvalue weighted by Gasteiger charge is 2.18. The normalized spacial score (nSPS) is 11.2. The molecule has 4 heterocycles. The Morgan fingerprint density at radius 3 is 2.42 bits per heavy atom. The monoisotopic (exact) mass is 553 g/mol. The molecule has 4 aromatic heterocycles. The Morgan fingerprint density at radius 2 is 1.77 bits per heavy atom. The van der Waals surface area contributed by atoms with Crippen LogP contribution >= 0.6 is 11.3 Å². The number of aryl methyl sites for hydroxylation is 1. The number of aromatic nitrogens is 5. The van der Waals surface area contributed by atoms with E-state index in [4.69, 9.17) is 4.74 Å². The molecule has 0 bridgehead atoms. The maximum Gasteiger partial charge on any atom is 0.439 e. The molecule has 11 heteroatoms. The summed E-state index contributed by atoms with van der Waals surface area (Å²) in [4.78, 5) is 47.2. The molecule has 0 saturated carbocycles. The zero-order valence-corrected chi connectivity index (χ0v) is 22.4. The number of pyridine rings is 1. The largest absolute Gasteiger partial charge is 0.481 e. The molecule has 6 aromatic rings. The molecular weight excluding hydrogens is 530 g/mol. The first-order chi connectivity index (χ1) is 19.5. The summed E-state index contributed by atoms with van der Waals surface area (Å²) in [6.07, 6.45) is 2.21. The predicted octanol–water partition coefficient (Wildman–Crippen LogP) is 4.24. The van der Waals surface area contributed by atoms with E-state index in [9.17, 15) is 14.4 Å². The summed E-state index contributed by atoms with van der Waals surface area (Å²) in [5.74, 6) is 0.111. The van der Waals surface area contributed by atoms with E-state index < -0.39 is 11.4 Å². The molecule has 6 rings (SSSR count). The first-order valence-corrected chi connectivity index (χ1v) is 13.3. The van der Waals surface area contributed by atoms with Gasteiger partial charge in [-0.15, -0.1) is 11.3 Å². The summed E-state index contributed by atoms with van der Waals surface area (Å²) < 4.78 is 12.6. The third-order valence-corrected chi connectivity index (χ3v) is 7.93. The molecule has 0 amide bonds. The Kier molecular flexibility index (Phi) is 6.48. The van der Waals surface area contributed by atoms with Gasteiger partial charge in [-0.25, -0.2) is 19.1 Å². The second-order valence-electron chi connectivity index (χ2n) is 9.04. The number of benzene rings is 2. The zero-order chi connectivity index (χ0) is 27.8. The van der Waals surface area contributed by atoms with Crippen LogP contribution in [0.1, 0.15) is 17.4 Å². The van der Waals surface area contributed by atoms with E-state index in [0.717, 1.165) is 38.1 Å². The van der Waals surface area contributed by atoms with Crippen molar-refractivity contribution in [2.45, 2.75) is 19.9 Å². The number of aromatic amines is 1. The van der Waals surface area contributed by atoms with Gasteiger partial charge >= 0.3 is 11.4 Å². The highest BCUT2D eigenvalue weighted by molar-refractivity contribution is 7.18. The third kappa shape index (κ3) is 4.46. The van der Waals surface area contributed by atoms with Crippen LogP contribution in [0.15, 0.2) is 91.8 Å². The Morgan fingerprint density at radius 1 is 1.00 bits per heavy atom. The summed E-state index contributed by atoms with van der Waals surface area (Å²) in [5, 5.41) is 4.31. The molecule has 0 radical (unpaired) electrons. The number of methoxy groups -OCH3 is 1. The lowest BCUT2D eigenvalue weighted by Crippen LogP contribution is -2.38. The first-order valence-electron chi connectivity index (χ1n) is 12.5. The molecule has 0 atom stereocenters. The van der Waals surface area contributed by atoms with Crippen molar-refractivity contribution in [3.63, 3.8) is 0 Å². The Hall–Kier alpha value is -5.03. The lowest BCUT2D eigenvalue weighted by Gasteiger charge is -2.13. The maximum atomic E-state index is 13.8. The van der Waals surface area contributed by atoms with Crippen molar-refractivity contribution in [3.8, 4) is 34.1 Å². The van der Waals surface area contributed by atoms with E-state index >= 15 is 0 Å². The molecule has 2 aromatic carbocycles. The van der Waals surface area contributed by atoms with Crippen molar-refractivity contribution in [2.24, 2.45) is 0 Å². The Bertz CT molecular complexity index is 2010. The van der Waals surface area contributed by atoms with E-state index in [0.29, 0.717) is 27.6 Å². The smallest absolute Gasteiger partial charge is 0.439 e. The molecule has 0 fully saturated rings. The summed E-state index contributed by atoms with van der Waals surface area (Å²) in [7, 11) is 1.50. The van der Waals surface area contributed by atoms with Gasteiger partial charge in [0.1, 0.15) is 4.83 Å². The van der Waals surface area contributed by atoms with Crippen LogP contribution < -0.4 is 21.7 Å². The lowest BCUT2D eigenvalue weighted by molar-refractivity contribution is 0.388. The van der Waals surface area contributed by atoms with E-state index in [-0.39, 0.29) is 12.1 Å². The molecule has 200 valence electrons. The average molecular weight is 554 g/mol. The summed E-state index contributed by atoms with van der Waals surface area (Å²) >= 11 is 1.45. The topological polar surface area (TPSA) is 125 Å². The number of nitrogens with zero attached hydrogens (tertiary/aromatic N) is 4. The van der Waals surface area contributed by atoms with Gasteiger partial charge in [0.05, 0.1) is 30.9 Å². The third-order valence-electron chi connectivity index (χ3n) is 6.63. The van der Waals surface area contributed by atoms with Gasteiger partial charge in [0, 0.05) is 16.5 Å². The number of H-pyrrole nitrogens is 1. The second kappa shape index (κ2) is 10.3. The summed E-state index contributed by atoms with van der Waals surface area (Å²) in [6.45, 7) is 2.28. The maximum absolute atomic E-state index is 13.8. The minimum absolute atomic E-state index is 0.265. The van der Waals surface area contributed by atoms with Gasteiger partial charge in [0.2, 0.25) is 5.88 Å². The van der Waals surface area contributed by atoms with Crippen LogP contribution in [0.5, 0.6) is 5.88 Å². The molecule has 0 unspecified atom stereocenters. The Labute approximate surface area is 230 Å². The van der Waals surface area contributed by atoms with Crippen LogP contribution in [0.3, 0.4) is 0 Å². The molecule has 0 saturated heterocycles. The molecule has 0 spiro atoms. The van der Waals surface area contributed by atoms with Crippen LogP contribution in [0, 0.1) is 0 Å². The van der Waals surface area contributed by atoms with Crippen molar-refractivity contribution in [3.05, 3.63) is 115 Å². The molecule has 1 N–H and O–H groups in total. The van der Waals surface area contributed by atoms with Crippen LogP contribution in [0.25, 0.3) is 38.4 Å². The number of fused-ring (bicyclic) bond motifs is 1. The van der Waals surface area contributed by atoms with Gasteiger partial charge in [0.15, 0.2) is 5.82 Å². The quantitative estimate of drug-likeness (QED) is 0.314. The number of thiophene rings is 1. The van der Waals surface area contributed by atoms with Crippen LogP contribution in [0.4, 0.5) is 0 Å². The van der Waals surface area contributed by atoms with Crippen LogP contribution in [0.2, 0.25) is 0 Å². The molecular formula is C29H23N5O5S. The van der Waals surface area contributed by atoms with Gasteiger partial charge in [-0.05, 0) is 35.2 Å². The van der Waals surface area contributed by atoms with Crippen molar-refractivity contribution in [1.29, 1.82) is 0 Å². The van der Waals surface area contributed by atoms with E-state index in [2.05, 4.69) is 19.6 Å². The van der Waals surface area contributed by atoms with Crippen LogP contribution in [-0.2, 0) is 13.0 Å².